The van der Waals surface area contributed by atoms with Crippen LogP contribution in [0.5, 0.6) is 0 Å². The number of carboxylic acid groups (broad SMARTS) is 1. The molecule has 1 amide bonds. The molecule has 0 saturated heterocycles. The Balaban J connectivity index is 2.54. The number of carboxylic acids is 1. The van der Waals surface area contributed by atoms with Gasteiger partial charge in [0.1, 0.15) is 0 Å². The number of rotatable bonds is 6. The molecule has 0 aliphatic rings. The van der Waals surface area contributed by atoms with Crippen molar-refractivity contribution in [2.24, 2.45) is 0 Å². The van der Waals surface area contributed by atoms with Gasteiger partial charge in [0.2, 0.25) is 5.91 Å². The number of carbonyl (C=O) groups is 2. The molecule has 4 nitrogen and oxygen atoms in total. The van der Waals surface area contributed by atoms with Crippen LogP contribution < -0.4 is 5.32 Å². The van der Waals surface area contributed by atoms with Crippen LogP contribution in [0.15, 0.2) is 24.3 Å². The average molecular weight is 307 g/mol. The van der Waals surface area contributed by atoms with Crippen molar-refractivity contribution in [3.63, 3.8) is 0 Å². The van der Waals surface area contributed by atoms with E-state index in [0.29, 0.717) is 0 Å². The molecule has 0 fully saturated rings. The van der Waals surface area contributed by atoms with Gasteiger partial charge in [0, 0.05) is 6.54 Å². The molecule has 1 rings (SSSR count). The molecular formula is C12H12F3NO3S. The summed E-state index contributed by atoms with van der Waals surface area (Å²) in [5.41, 5.74) is -0.824. The molecule has 2 N–H and O–H groups in total. The summed E-state index contributed by atoms with van der Waals surface area (Å²) in [6.07, 6.45) is -4.47. The van der Waals surface area contributed by atoms with E-state index in [1.807, 2.05) is 0 Å². The van der Waals surface area contributed by atoms with Crippen molar-refractivity contribution in [1.29, 1.82) is 0 Å². The fourth-order valence-electron chi connectivity index (χ4n) is 1.43. The summed E-state index contributed by atoms with van der Waals surface area (Å²) in [5.74, 6) is -1.90. The van der Waals surface area contributed by atoms with Crippen LogP contribution in [0.3, 0.4) is 0 Å². The van der Waals surface area contributed by atoms with Crippen molar-refractivity contribution in [3.05, 3.63) is 35.4 Å². The molecule has 0 atom stereocenters. The Bertz CT molecular complexity index is 491. The summed E-state index contributed by atoms with van der Waals surface area (Å²) in [6.45, 7) is -0.248. The summed E-state index contributed by atoms with van der Waals surface area (Å²) >= 11 is 0.881. The van der Waals surface area contributed by atoms with Gasteiger partial charge in [-0.25, -0.2) is 0 Å². The van der Waals surface area contributed by atoms with Gasteiger partial charge in [-0.15, -0.1) is 11.8 Å². The first-order valence-electron chi connectivity index (χ1n) is 5.52. The Kier molecular flexibility index (Phi) is 5.87. The maximum Gasteiger partial charge on any atom is 0.416 e. The van der Waals surface area contributed by atoms with Crippen molar-refractivity contribution in [2.75, 3.05) is 11.5 Å². The molecule has 0 aromatic heterocycles. The predicted octanol–water partition coefficient (Wildman–Crippen LogP) is 2.14. The largest absolute Gasteiger partial charge is 0.481 e. The highest BCUT2D eigenvalue weighted by Gasteiger charge is 2.32. The molecule has 8 heteroatoms. The maximum atomic E-state index is 12.7. The van der Waals surface area contributed by atoms with Crippen LogP contribution in [-0.4, -0.2) is 28.5 Å². The van der Waals surface area contributed by atoms with Crippen molar-refractivity contribution >= 4 is 23.6 Å². The minimum atomic E-state index is -4.47. The molecule has 0 radical (unpaired) electrons. The summed E-state index contributed by atoms with van der Waals surface area (Å²) < 4.78 is 38.0. The van der Waals surface area contributed by atoms with Gasteiger partial charge >= 0.3 is 12.1 Å². The highest BCUT2D eigenvalue weighted by Crippen LogP contribution is 2.31. The molecule has 0 spiro atoms. The summed E-state index contributed by atoms with van der Waals surface area (Å²) in [5, 5.41) is 10.7. The molecule has 0 unspecified atom stereocenters. The third kappa shape index (κ3) is 5.52. The van der Waals surface area contributed by atoms with Crippen molar-refractivity contribution < 1.29 is 27.9 Å². The van der Waals surface area contributed by atoms with E-state index < -0.39 is 23.6 Å². The van der Waals surface area contributed by atoms with Gasteiger partial charge in [-0.05, 0) is 11.6 Å². The zero-order chi connectivity index (χ0) is 15.2. The molecule has 20 heavy (non-hydrogen) atoms. The zero-order valence-electron chi connectivity index (χ0n) is 10.2. The van der Waals surface area contributed by atoms with Crippen LogP contribution in [0.4, 0.5) is 13.2 Å². The molecule has 1 aromatic carbocycles. The monoisotopic (exact) mass is 307 g/mol. The molecule has 0 saturated carbocycles. The summed E-state index contributed by atoms with van der Waals surface area (Å²) in [6, 6.07) is 4.96. The number of hydrogen-bond acceptors (Lipinski definition) is 3. The summed E-state index contributed by atoms with van der Waals surface area (Å²) in [7, 11) is 0. The molecular weight excluding hydrogens is 295 g/mol. The predicted molar refractivity (Wildman–Crippen MR) is 68.3 cm³/mol. The van der Waals surface area contributed by atoms with Gasteiger partial charge < -0.3 is 10.4 Å². The standard InChI is InChI=1S/C12H12F3NO3S/c13-12(14,15)9-4-2-1-3-8(9)5-16-10(17)6-20-7-11(18)19/h1-4H,5-7H2,(H,16,17)(H,18,19). The van der Waals surface area contributed by atoms with Crippen LogP contribution in [0.2, 0.25) is 0 Å². The lowest BCUT2D eigenvalue weighted by molar-refractivity contribution is -0.138. The van der Waals surface area contributed by atoms with Crippen LogP contribution in [-0.2, 0) is 22.3 Å². The van der Waals surface area contributed by atoms with Crippen LogP contribution >= 0.6 is 11.8 Å². The molecule has 1 aromatic rings. The smallest absolute Gasteiger partial charge is 0.416 e. The van der Waals surface area contributed by atoms with E-state index in [1.54, 1.807) is 0 Å². The highest BCUT2D eigenvalue weighted by molar-refractivity contribution is 8.00. The first-order chi connectivity index (χ1) is 9.30. The normalized spacial score (nSPS) is 11.2. The quantitative estimate of drug-likeness (QED) is 0.845. The topological polar surface area (TPSA) is 66.4 Å². The van der Waals surface area contributed by atoms with E-state index in [2.05, 4.69) is 5.32 Å². The number of amides is 1. The number of carbonyl (C=O) groups excluding carboxylic acids is 1. The Morgan fingerprint density at radius 3 is 2.45 bits per heavy atom. The van der Waals surface area contributed by atoms with Gasteiger partial charge in [0.25, 0.3) is 0 Å². The summed E-state index contributed by atoms with van der Waals surface area (Å²) in [4.78, 5) is 21.6. The third-order valence-corrected chi connectivity index (χ3v) is 3.17. The first kappa shape index (κ1) is 16.4. The minimum absolute atomic E-state index is 0.0309. The van der Waals surface area contributed by atoms with Crippen LogP contribution in [0.1, 0.15) is 11.1 Å². The lowest BCUT2D eigenvalue weighted by Gasteiger charge is -2.13. The van der Waals surface area contributed by atoms with E-state index in [0.717, 1.165) is 17.8 Å². The van der Waals surface area contributed by atoms with Gasteiger partial charge in [0.15, 0.2) is 0 Å². The Hall–Kier alpha value is -1.70. The van der Waals surface area contributed by atoms with Gasteiger partial charge in [-0.1, -0.05) is 18.2 Å². The maximum absolute atomic E-state index is 12.7. The molecule has 0 bridgehead atoms. The van der Waals surface area contributed by atoms with E-state index in [4.69, 9.17) is 5.11 Å². The lowest BCUT2D eigenvalue weighted by atomic mass is 10.1. The van der Waals surface area contributed by atoms with Crippen molar-refractivity contribution in [2.45, 2.75) is 12.7 Å². The van der Waals surface area contributed by atoms with Gasteiger partial charge in [-0.3, -0.25) is 9.59 Å². The number of benzene rings is 1. The highest BCUT2D eigenvalue weighted by atomic mass is 32.2. The molecule has 0 aliphatic carbocycles. The van der Waals surface area contributed by atoms with E-state index in [-0.39, 0.29) is 23.6 Å². The fourth-order valence-corrected chi connectivity index (χ4v) is 1.99. The number of halogens is 3. The first-order valence-corrected chi connectivity index (χ1v) is 6.67. The number of aliphatic carboxylic acids is 1. The fraction of sp³-hybridized carbons (Fsp3) is 0.333. The van der Waals surface area contributed by atoms with Gasteiger partial charge in [-0.2, -0.15) is 13.2 Å². The van der Waals surface area contributed by atoms with E-state index >= 15 is 0 Å². The average Bonchev–Trinajstić information content (AvgIpc) is 2.35. The zero-order valence-corrected chi connectivity index (χ0v) is 11.1. The minimum Gasteiger partial charge on any atom is -0.481 e. The van der Waals surface area contributed by atoms with Crippen molar-refractivity contribution in [1.82, 2.24) is 5.32 Å². The molecule has 0 aliphatic heterocycles. The number of nitrogens with one attached hydrogen (secondary N) is 1. The van der Waals surface area contributed by atoms with E-state index in [9.17, 15) is 22.8 Å². The Labute approximate surface area is 117 Å². The molecule has 110 valence electrons. The SMILES string of the molecule is O=C(O)CSCC(=O)NCc1ccccc1C(F)(F)F. The lowest BCUT2D eigenvalue weighted by Crippen LogP contribution is -2.26. The van der Waals surface area contributed by atoms with Crippen LogP contribution in [0, 0.1) is 0 Å². The Morgan fingerprint density at radius 1 is 1.20 bits per heavy atom. The van der Waals surface area contributed by atoms with Crippen molar-refractivity contribution in [3.8, 4) is 0 Å². The van der Waals surface area contributed by atoms with Crippen LogP contribution in [0.25, 0.3) is 0 Å². The number of thioether (sulfide) groups is 1. The van der Waals surface area contributed by atoms with E-state index in [1.165, 1.54) is 18.2 Å². The second-order valence-electron chi connectivity index (χ2n) is 3.82. The second-order valence-corrected chi connectivity index (χ2v) is 4.80. The van der Waals surface area contributed by atoms with Gasteiger partial charge in [0.05, 0.1) is 17.1 Å². The molecule has 0 heterocycles. The second kappa shape index (κ2) is 7.18. The number of alkyl halides is 3. The third-order valence-electron chi connectivity index (χ3n) is 2.26. The number of hydrogen-bond donors (Lipinski definition) is 2. The Morgan fingerprint density at radius 2 is 1.85 bits per heavy atom.